The van der Waals surface area contributed by atoms with Crippen LogP contribution in [0.2, 0.25) is 0 Å². The average Bonchev–Trinajstić information content (AvgIpc) is 2.39. The van der Waals surface area contributed by atoms with E-state index >= 15 is 0 Å². The molecule has 2 aromatic carbocycles. The Labute approximate surface area is 115 Å². The van der Waals surface area contributed by atoms with E-state index in [1.165, 1.54) is 24.8 Å². The fraction of sp³-hybridized carbons (Fsp3) is 0.0667. The van der Waals surface area contributed by atoms with Crippen molar-refractivity contribution in [1.82, 2.24) is 0 Å². The second-order valence-electron chi connectivity index (χ2n) is 3.94. The summed E-state index contributed by atoms with van der Waals surface area (Å²) in [6.45, 7) is 1.49. The molecular weight excluding hydrogens is 260 g/mol. The highest BCUT2D eigenvalue weighted by molar-refractivity contribution is 7.99. The second kappa shape index (κ2) is 5.71. The third-order valence-electron chi connectivity index (χ3n) is 2.59. The molecule has 2 aromatic rings. The van der Waals surface area contributed by atoms with Crippen LogP contribution in [0.25, 0.3) is 0 Å². The second-order valence-corrected chi connectivity index (χ2v) is 5.02. The largest absolute Gasteiger partial charge is 0.545 e. The zero-order chi connectivity index (χ0) is 13.8. The van der Waals surface area contributed by atoms with Crippen molar-refractivity contribution in [3.8, 4) is 0 Å². The molecule has 0 aliphatic heterocycles. The van der Waals surface area contributed by atoms with E-state index in [0.29, 0.717) is 10.5 Å². The van der Waals surface area contributed by atoms with E-state index in [4.69, 9.17) is 0 Å². The molecule has 0 N–H and O–H groups in total. The minimum atomic E-state index is -1.22. The molecule has 96 valence electrons. The van der Waals surface area contributed by atoms with Crippen molar-refractivity contribution in [2.45, 2.75) is 16.7 Å². The SMILES string of the molecule is CC(=O)c1ccccc1Sc1ccccc1C(=O)[O-]. The number of Topliss-reactive ketones (excluding diaryl/α,β-unsaturated/α-hetero) is 1. The Morgan fingerprint density at radius 1 is 0.895 bits per heavy atom. The van der Waals surface area contributed by atoms with Gasteiger partial charge in [0.05, 0.1) is 5.97 Å². The fourth-order valence-electron chi connectivity index (χ4n) is 1.69. The van der Waals surface area contributed by atoms with Crippen molar-refractivity contribution in [3.63, 3.8) is 0 Å². The lowest BCUT2D eigenvalue weighted by atomic mass is 10.1. The average molecular weight is 271 g/mol. The van der Waals surface area contributed by atoms with Crippen molar-refractivity contribution >= 4 is 23.5 Å². The van der Waals surface area contributed by atoms with E-state index < -0.39 is 5.97 Å². The molecule has 0 heterocycles. The molecule has 0 spiro atoms. The van der Waals surface area contributed by atoms with E-state index in [-0.39, 0.29) is 11.3 Å². The standard InChI is InChI=1S/C15H12O3S/c1-10(16)11-6-2-4-8-13(11)19-14-9-5-3-7-12(14)15(17)18/h2-9H,1H3,(H,17,18)/p-1. The van der Waals surface area contributed by atoms with Gasteiger partial charge in [-0.25, -0.2) is 0 Å². The minimum absolute atomic E-state index is 0.0472. The zero-order valence-electron chi connectivity index (χ0n) is 10.3. The van der Waals surface area contributed by atoms with Crippen LogP contribution in [0.1, 0.15) is 27.6 Å². The first-order chi connectivity index (χ1) is 9.09. The Hall–Kier alpha value is -2.07. The number of ketones is 1. The summed E-state index contributed by atoms with van der Waals surface area (Å²) in [4.78, 5) is 23.9. The van der Waals surface area contributed by atoms with Crippen molar-refractivity contribution in [3.05, 3.63) is 59.7 Å². The summed E-state index contributed by atoms with van der Waals surface area (Å²) in [5.74, 6) is -1.27. The van der Waals surface area contributed by atoms with E-state index in [0.717, 1.165) is 4.90 Å². The van der Waals surface area contributed by atoms with Crippen molar-refractivity contribution < 1.29 is 14.7 Å². The molecule has 3 nitrogen and oxygen atoms in total. The van der Waals surface area contributed by atoms with Crippen LogP contribution in [0.5, 0.6) is 0 Å². The number of benzene rings is 2. The van der Waals surface area contributed by atoms with Crippen molar-refractivity contribution in [1.29, 1.82) is 0 Å². The highest BCUT2D eigenvalue weighted by atomic mass is 32.2. The summed E-state index contributed by atoms with van der Waals surface area (Å²) in [6, 6.07) is 13.7. The van der Waals surface area contributed by atoms with E-state index in [9.17, 15) is 14.7 Å². The first-order valence-corrected chi connectivity index (χ1v) is 6.49. The van der Waals surface area contributed by atoms with Gasteiger partial charge in [0.1, 0.15) is 0 Å². The lowest BCUT2D eigenvalue weighted by Crippen LogP contribution is -2.22. The number of carboxylic acid groups (broad SMARTS) is 1. The predicted molar refractivity (Wildman–Crippen MR) is 71.3 cm³/mol. The summed E-state index contributed by atoms with van der Waals surface area (Å²) in [7, 11) is 0. The Morgan fingerprint density at radius 2 is 1.37 bits per heavy atom. The molecule has 0 aliphatic carbocycles. The van der Waals surface area contributed by atoms with Gasteiger partial charge in [0.25, 0.3) is 0 Å². The van der Waals surface area contributed by atoms with Gasteiger partial charge >= 0.3 is 0 Å². The van der Waals surface area contributed by atoms with Crippen LogP contribution in [0, 0.1) is 0 Å². The summed E-state index contributed by atoms with van der Waals surface area (Å²) < 4.78 is 0. The Morgan fingerprint density at radius 3 is 1.89 bits per heavy atom. The maximum absolute atomic E-state index is 11.5. The molecule has 0 aliphatic rings. The van der Waals surface area contributed by atoms with Gasteiger partial charge in [0.2, 0.25) is 0 Å². The molecule has 0 radical (unpaired) electrons. The van der Waals surface area contributed by atoms with Crippen LogP contribution in [0.15, 0.2) is 58.3 Å². The third-order valence-corrected chi connectivity index (χ3v) is 3.75. The van der Waals surface area contributed by atoms with Crippen molar-refractivity contribution in [2.75, 3.05) is 0 Å². The summed E-state index contributed by atoms with van der Waals surface area (Å²) in [5.41, 5.74) is 0.714. The maximum atomic E-state index is 11.5. The van der Waals surface area contributed by atoms with Gasteiger partial charge in [-0.3, -0.25) is 4.79 Å². The minimum Gasteiger partial charge on any atom is -0.545 e. The summed E-state index contributed by atoms with van der Waals surface area (Å²) in [6.07, 6.45) is 0. The normalized spacial score (nSPS) is 10.2. The van der Waals surface area contributed by atoms with Gasteiger partial charge in [0.15, 0.2) is 5.78 Å². The van der Waals surface area contributed by atoms with Crippen LogP contribution in [-0.4, -0.2) is 11.8 Å². The molecular formula is C15H11O3S-. The molecule has 0 aromatic heterocycles. The molecule has 0 bridgehead atoms. The molecule has 0 unspecified atom stereocenters. The van der Waals surface area contributed by atoms with Crippen LogP contribution in [0.4, 0.5) is 0 Å². The number of carboxylic acids is 1. The first kappa shape index (κ1) is 13.4. The highest BCUT2D eigenvalue weighted by Gasteiger charge is 2.10. The van der Waals surface area contributed by atoms with Gasteiger partial charge in [-0.2, -0.15) is 0 Å². The monoisotopic (exact) mass is 271 g/mol. The third kappa shape index (κ3) is 3.03. The molecule has 4 heteroatoms. The molecule has 0 amide bonds. The smallest absolute Gasteiger partial charge is 0.160 e. The van der Waals surface area contributed by atoms with Gasteiger partial charge in [-0.1, -0.05) is 48.2 Å². The van der Waals surface area contributed by atoms with E-state index in [2.05, 4.69) is 0 Å². The van der Waals surface area contributed by atoms with Crippen LogP contribution < -0.4 is 5.11 Å². The highest BCUT2D eigenvalue weighted by Crippen LogP contribution is 2.32. The Bertz CT molecular complexity index is 579. The van der Waals surface area contributed by atoms with Crippen LogP contribution in [0.3, 0.4) is 0 Å². The first-order valence-electron chi connectivity index (χ1n) is 5.68. The van der Waals surface area contributed by atoms with E-state index in [1.54, 1.807) is 36.4 Å². The lowest BCUT2D eigenvalue weighted by Gasteiger charge is -2.11. The zero-order valence-corrected chi connectivity index (χ0v) is 11.1. The number of hydrogen-bond donors (Lipinski definition) is 0. The predicted octanol–water partition coefficient (Wildman–Crippen LogP) is 2.40. The number of carbonyl (C=O) groups excluding carboxylic acids is 2. The van der Waals surface area contributed by atoms with Gasteiger partial charge in [0, 0.05) is 20.9 Å². The van der Waals surface area contributed by atoms with Gasteiger partial charge in [-0.05, 0) is 19.1 Å². The molecule has 2 rings (SSSR count). The number of hydrogen-bond acceptors (Lipinski definition) is 4. The maximum Gasteiger partial charge on any atom is 0.160 e. The topological polar surface area (TPSA) is 57.2 Å². The number of rotatable bonds is 4. The van der Waals surface area contributed by atoms with Gasteiger partial charge in [-0.15, -0.1) is 0 Å². The van der Waals surface area contributed by atoms with Crippen LogP contribution in [-0.2, 0) is 0 Å². The van der Waals surface area contributed by atoms with Gasteiger partial charge < -0.3 is 9.90 Å². The molecule has 0 saturated carbocycles. The number of carbonyl (C=O) groups is 2. The summed E-state index contributed by atoms with van der Waals surface area (Å²) in [5, 5.41) is 11.0. The Kier molecular flexibility index (Phi) is 4.02. The Balaban J connectivity index is 2.42. The van der Waals surface area contributed by atoms with Crippen molar-refractivity contribution in [2.24, 2.45) is 0 Å². The quantitative estimate of drug-likeness (QED) is 0.801. The molecule has 19 heavy (non-hydrogen) atoms. The van der Waals surface area contributed by atoms with E-state index in [1.807, 2.05) is 6.07 Å². The van der Waals surface area contributed by atoms with Crippen LogP contribution >= 0.6 is 11.8 Å². The molecule has 0 atom stereocenters. The summed E-state index contributed by atoms with van der Waals surface area (Å²) >= 11 is 1.26. The molecule has 0 saturated heterocycles. The number of aromatic carboxylic acids is 1. The lowest BCUT2D eigenvalue weighted by molar-refractivity contribution is -0.255. The molecule has 0 fully saturated rings. The fourth-order valence-corrected chi connectivity index (χ4v) is 2.80.